The zero-order chi connectivity index (χ0) is 15.5. The van der Waals surface area contributed by atoms with Crippen LogP contribution in [0.25, 0.3) is 0 Å². The van der Waals surface area contributed by atoms with Crippen LogP contribution in [0.1, 0.15) is 32.3 Å². The Morgan fingerprint density at radius 1 is 1.57 bits per heavy atom. The molecule has 0 saturated carbocycles. The van der Waals surface area contributed by atoms with Crippen LogP contribution in [-0.2, 0) is 11.2 Å². The number of amides is 2. The van der Waals surface area contributed by atoms with Crippen molar-refractivity contribution < 1.29 is 14.7 Å². The van der Waals surface area contributed by atoms with E-state index in [1.807, 2.05) is 19.2 Å². The molecule has 0 spiro atoms. The van der Waals surface area contributed by atoms with Gasteiger partial charge in [0.05, 0.1) is 5.41 Å². The lowest BCUT2D eigenvalue weighted by Gasteiger charge is -2.24. The number of carboxylic acid groups (broad SMARTS) is 1. The number of nitrogens with zero attached hydrogens (tertiary/aromatic N) is 1. The number of carboxylic acids is 1. The number of thiophene rings is 1. The Balaban J connectivity index is 1.88. The third-order valence-corrected chi connectivity index (χ3v) is 5.00. The summed E-state index contributed by atoms with van der Waals surface area (Å²) in [5.41, 5.74) is 0.441. The molecule has 116 valence electrons. The lowest BCUT2D eigenvalue weighted by molar-refractivity contribution is -0.148. The fourth-order valence-electron chi connectivity index (χ4n) is 2.78. The van der Waals surface area contributed by atoms with Crippen molar-refractivity contribution in [2.75, 3.05) is 13.1 Å². The van der Waals surface area contributed by atoms with Crippen LogP contribution in [-0.4, -0.2) is 41.1 Å². The Labute approximate surface area is 129 Å². The van der Waals surface area contributed by atoms with Crippen LogP contribution in [0.15, 0.2) is 16.8 Å². The van der Waals surface area contributed by atoms with E-state index < -0.39 is 11.4 Å². The molecule has 0 aliphatic carbocycles. The fourth-order valence-corrected chi connectivity index (χ4v) is 3.46. The average molecular weight is 310 g/mol. The Morgan fingerprint density at radius 2 is 2.33 bits per heavy atom. The maximum absolute atomic E-state index is 12.2. The van der Waals surface area contributed by atoms with Gasteiger partial charge in [0.1, 0.15) is 0 Å². The average Bonchev–Trinajstić information content (AvgIpc) is 3.07. The molecule has 0 bridgehead atoms. The molecule has 0 radical (unpaired) electrons. The minimum absolute atomic E-state index is 0.0357. The molecule has 1 aromatic heterocycles. The van der Waals surface area contributed by atoms with E-state index in [0.29, 0.717) is 25.9 Å². The van der Waals surface area contributed by atoms with Gasteiger partial charge in [-0.1, -0.05) is 6.92 Å². The summed E-state index contributed by atoms with van der Waals surface area (Å²) in [5.74, 6) is -0.799. The van der Waals surface area contributed by atoms with Gasteiger partial charge in [0.2, 0.25) is 0 Å². The van der Waals surface area contributed by atoms with E-state index in [9.17, 15) is 14.7 Å². The topological polar surface area (TPSA) is 69.6 Å². The van der Waals surface area contributed by atoms with Crippen molar-refractivity contribution in [1.29, 1.82) is 0 Å². The minimum atomic E-state index is -0.799. The van der Waals surface area contributed by atoms with Crippen molar-refractivity contribution in [2.45, 2.75) is 39.2 Å². The number of carbonyl (C=O) groups excluding carboxylic acids is 1. The normalized spacial score (nSPS) is 23.0. The maximum Gasteiger partial charge on any atom is 0.317 e. The molecule has 1 aliphatic rings. The van der Waals surface area contributed by atoms with Crippen LogP contribution in [0.2, 0.25) is 0 Å². The first-order valence-electron chi connectivity index (χ1n) is 7.27. The maximum atomic E-state index is 12.2. The third kappa shape index (κ3) is 3.56. The minimum Gasteiger partial charge on any atom is -0.481 e. The second-order valence-corrected chi connectivity index (χ2v) is 6.58. The van der Waals surface area contributed by atoms with Gasteiger partial charge in [0.15, 0.2) is 0 Å². The van der Waals surface area contributed by atoms with Crippen LogP contribution in [0.3, 0.4) is 0 Å². The third-order valence-electron chi connectivity index (χ3n) is 4.26. The van der Waals surface area contributed by atoms with E-state index in [4.69, 9.17) is 0 Å². The lowest BCUT2D eigenvalue weighted by atomic mass is 9.84. The summed E-state index contributed by atoms with van der Waals surface area (Å²) < 4.78 is 0. The second kappa shape index (κ2) is 6.47. The Hall–Kier alpha value is -1.56. The molecular formula is C15H22N2O3S. The molecule has 1 aliphatic heterocycles. The molecule has 2 atom stereocenters. The quantitative estimate of drug-likeness (QED) is 0.878. The van der Waals surface area contributed by atoms with Crippen molar-refractivity contribution >= 4 is 23.3 Å². The molecule has 2 unspecified atom stereocenters. The van der Waals surface area contributed by atoms with Crippen molar-refractivity contribution in [3.63, 3.8) is 0 Å². The smallest absolute Gasteiger partial charge is 0.317 e. The van der Waals surface area contributed by atoms with Gasteiger partial charge in [-0.05, 0) is 48.6 Å². The van der Waals surface area contributed by atoms with Gasteiger partial charge in [0, 0.05) is 19.1 Å². The van der Waals surface area contributed by atoms with Crippen molar-refractivity contribution in [3.8, 4) is 0 Å². The first kappa shape index (κ1) is 15.8. The van der Waals surface area contributed by atoms with Crippen LogP contribution in [0.5, 0.6) is 0 Å². The second-order valence-electron chi connectivity index (χ2n) is 5.80. The highest BCUT2D eigenvalue weighted by atomic mass is 32.1. The fraction of sp³-hybridized carbons (Fsp3) is 0.600. The molecule has 0 aromatic carbocycles. The Kier molecular flexibility index (Phi) is 4.88. The van der Waals surface area contributed by atoms with Crippen LogP contribution in [0, 0.1) is 5.41 Å². The largest absolute Gasteiger partial charge is 0.481 e. The summed E-state index contributed by atoms with van der Waals surface area (Å²) in [6, 6.07) is 1.93. The molecular weight excluding hydrogens is 288 g/mol. The van der Waals surface area contributed by atoms with Crippen molar-refractivity contribution in [3.05, 3.63) is 22.4 Å². The summed E-state index contributed by atoms with van der Waals surface area (Å²) in [4.78, 5) is 25.3. The summed E-state index contributed by atoms with van der Waals surface area (Å²) in [6.07, 6.45) is 1.88. The summed E-state index contributed by atoms with van der Waals surface area (Å²) >= 11 is 1.64. The predicted octanol–water partition coefficient (Wildman–Crippen LogP) is 2.58. The number of hydrogen-bond acceptors (Lipinski definition) is 3. The number of nitrogens with one attached hydrogen (secondary N) is 1. The Bertz CT molecular complexity index is 503. The monoisotopic (exact) mass is 310 g/mol. The zero-order valence-corrected chi connectivity index (χ0v) is 13.3. The van der Waals surface area contributed by atoms with E-state index in [1.54, 1.807) is 16.2 Å². The summed E-state index contributed by atoms with van der Waals surface area (Å²) in [7, 11) is 0. The van der Waals surface area contributed by atoms with E-state index >= 15 is 0 Å². The summed E-state index contributed by atoms with van der Waals surface area (Å²) in [6.45, 7) is 4.65. The van der Waals surface area contributed by atoms with Crippen LogP contribution in [0.4, 0.5) is 4.79 Å². The van der Waals surface area contributed by atoms with Crippen LogP contribution >= 0.6 is 11.3 Å². The predicted molar refractivity (Wildman–Crippen MR) is 82.6 cm³/mol. The molecule has 1 fully saturated rings. The molecule has 21 heavy (non-hydrogen) atoms. The summed E-state index contributed by atoms with van der Waals surface area (Å²) in [5, 5.41) is 16.4. The lowest BCUT2D eigenvalue weighted by Crippen LogP contribution is -2.45. The van der Waals surface area contributed by atoms with E-state index in [2.05, 4.69) is 16.8 Å². The highest BCUT2D eigenvalue weighted by molar-refractivity contribution is 7.07. The molecule has 6 heteroatoms. The van der Waals surface area contributed by atoms with Gasteiger partial charge in [-0.25, -0.2) is 4.79 Å². The van der Waals surface area contributed by atoms with Gasteiger partial charge < -0.3 is 15.3 Å². The number of hydrogen-bond donors (Lipinski definition) is 2. The number of urea groups is 1. The number of rotatable bonds is 5. The van der Waals surface area contributed by atoms with E-state index in [0.717, 1.165) is 6.42 Å². The number of aliphatic carboxylic acids is 1. The standard InChI is InChI=1S/C15H22N2O3S/c1-3-15(13(18)19)5-6-17(10-15)14(20)16-11(2)8-12-4-7-21-9-12/h4,7,9,11H,3,5-6,8,10H2,1-2H3,(H,16,20)(H,18,19). The highest BCUT2D eigenvalue weighted by Gasteiger charge is 2.44. The van der Waals surface area contributed by atoms with Crippen LogP contribution < -0.4 is 5.32 Å². The van der Waals surface area contributed by atoms with Gasteiger partial charge in [0.25, 0.3) is 0 Å². The SMILES string of the molecule is CCC1(C(=O)O)CCN(C(=O)NC(C)Cc2ccsc2)C1. The molecule has 2 rings (SSSR count). The molecule has 2 N–H and O–H groups in total. The molecule has 2 heterocycles. The highest BCUT2D eigenvalue weighted by Crippen LogP contribution is 2.34. The van der Waals surface area contributed by atoms with E-state index in [1.165, 1.54) is 5.56 Å². The van der Waals surface area contributed by atoms with Gasteiger partial charge >= 0.3 is 12.0 Å². The first-order valence-corrected chi connectivity index (χ1v) is 8.21. The number of carbonyl (C=O) groups is 2. The Morgan fingerprint density at radius 3 is 2.86 bits per heavy atom. The van der Waals surface area contributed by atoms with Gasteiger partial charge in [-0.15, -0.1) is 0 Å². The van der Waals surface area contributed by atoms with Gasteiger partial charge in [-0.3, -0.25) is 4.79 Å². The zero-order valence-electron chi connectivity index (χ0n) is 12.5. The molecule has 5 nitrogen and oxygen atoms in total. The van der Waals surface area contributed by atoms with Gasteiger partial charge in [-0.2, -0.15) is 11.3 Å². The molecule has 2 amide bonds. The van der Waals surface area contributed by atoms with Crippen molar-refractivity contribution in [2.24, 2.45) is 5.41 Å². The van der Waals surface area contributed by atoms with E-state index in [-0.39, 0.29) is 12.1 Å². The number of likely N-dealkylation sites (tertiary alicyclic amines) is 1. The molecule has 1 aromatic rings. The first-order chi connectivity index (χ1) is 9.97. The van der Waals surface area contributed by atoms with Crippen molar-refractivity contribution in [1.82, 2.24) is 10.2 Å². The molecule has 1 saturated heterocycles.